The van der Waals surface area contributed by atoms with E-state index < -0.39 is 0 Å². The zero-order chi connectivity index (χ0) is 20.3. The summed E-state index contributed by atoms with van der Waals surface area (Å²) in [6, 6.07) is 16.8. The highest BCUT2D eigenvalue weighted by molar-refractivity contribution is 5.79. The van der Waals surface area contributed by atoms with E-state index in [1.807, 2.05) is 37.1 Å². The molecule has 2 aliphatic heterocycles. The van der Waals surface area contributed by atoms with Gasteiger partial charge in [0.25, 0.3) is 0 Å². The number of hydrogen-bond donors (Lipinski definition) is 1. The van der Waals surface area contributed by atoms with Crippen molar-refractivity contribution in [1.82, 2.24) is 9.80 Å². The monoisotopic (exact) mass is 393 g/mol. The maximum Gasteiger partial charge on any atom is 0.224 e. The smallest absolute Gasteiger partial charge is 0.224 e. The van der Waals surface area contributed by atoms with Gasteiger partial charge in [-0.1, -0.05) is 30.3 Å². The zero-order valence-corrected chi connectivity index (χ0v) is 17.5. The van der Waals surface area contributed by atoms with Crippen molar-refractivity contribution in [3.8, 4) is 5.75 Å². The van der Waals surface area contributed by atoms with E-state index in [-0.39, 0.29) is 11.4 Å². The van der Waals surface area contributed by atoms with Gasteiger partial charge >= 0.3 is 0 Å². The van der Waals surface area contributed by atoms with Crippen LogP contribution in [0.2, 0.25) is 0 Å². The number of likely N-dealkylation sites (tertiary alicyclic amines) is 1. The third kappa shape index (κ3) is 4.56. The van der Waals surface area contributed by atoms with Crippen molar-refractivity contribution in [2.45, 2.75) is 44.8 Å². The number of anilines is 1. The average molecular weight is 394 g/mol. The molecule has 0 bridgehead atoms. The molecule has 2 heterocycles. The molecule has 1 spiro atoms. The van der Waals surface area contributed by atoms with Gasteiger partial charge in [0.05, 0.1) is 6.61 Å². The van der Waals surface area contributed by atoms with E-state index >= 15 is 0 Å². The van der Waals surface area contributed by atoms with Crippen molar-refractivity contribution in [1.29, 1.82) is 0 Å². The third-order valence-corrected chi connectivity index (χ3v) is 6.19. The van der Waals surface area contributed by atoms with E-state index in [2.05, 4.69) is 40.5 Å². The number of fused-ring (bicyclic) bond motifs is 1. The Hall–Kier alpha value is -2.53. The molecule has 0 atom stereocenters. The van der Waals surface area contributed by atoms with Gasteiger partial charge in [-0.05, 0) is 49.1 Å². The normalized spacial score (nSPS) is 19.2. The average Bonchev–Trinajstić information content (AvgIpc) is 2.72. The van der Waals surface area contributed by atoms with E-state index in [4.69, 9.17) is 4.74 Å². The Morgan fingerprint density at radius 3 is 2.52 bits per heavy atom. The van der Waals surface area contributed by atoms with Crippen molar-refractivity contribution in [2.24, 2.45) is 0 Å². The van der Waals surface area contributed by atoms with Crippen LogP contribution in [0.3, 0.4) is 0 Å². The second-order valence-electron chi connectivity index (χ2n) is 8.34. The number of nitrogens with one attached hydrogen (secondary N) is 1. The second-order valence-corrected chi connectivity index (χ2v) is 8.34. The standard InChI is InChI=1S/C24H31N3O2/c1-3-29-21-10-8-19(9-11-21)17-27-14-12-24(13-15-27)16-23(28)26(2)18-20-6-4-5-7-22(20)25-24/h4-11,25H,3,12-18H2,1-2H3. The van der Waals surface area contributed by atoms with Gasteiger partial charge in [0, 0.05) is 50.9 Å². The Bertz CT molecular complexity index is 841. The van der Waals surface area contributed by atoms with Crippen molar-refractivity contribution < 1.29 is 9.53 Å². The molecular weight excluding hydrogens is 362 g/mol. The molecule has 0 radical (unpaired) electrons. The fourth-order valence-electron chi connectivity index (χ4n) is 4.44. The number of amides is 1. The lowest BCUT2D eigenvalue weighted by Crippen LogP contribution is -2.52. The van der Waals surface area contributed by atoms with Crippen LogP contribution in [-0.4, -0.2) is 48.0 Å². The summed E-state index contributed by atoms with van der Waals surface area (Å²) in [6.07, 6.45) is 2.50. The molecule has 4 rings (SSSR count). The predicted molar refractivity (Wildman–Crippen MR) is 116 cm³/mol. The maximum absolute atomic E-state index is 12.8. The number of piperidine rings is 1. The number of nitrogens with zero attached hydrogens (tertiary/aromatic N) is 2. The van der Waals surface area contributed by atoms with E-state index in [0.717, 1.165) is 38.2 Å². The van der Waals surface area contributed by atoms with Crippen molar-refractivity contribution in [3.05, 3.63) is 59.7 Å². The van der Waals surface area contributed by atoms with E-state index in [1.165, 1.54) is 16.8 Å². The molecule has 0 aliphatic carbocycles. The lowest BCUT2D eigenvalue weighted by atomic mass is 9.82. The summed E-state index contributed by atoms with van der Waals surface area (Å²) in [4.78, 5) is 17.1. The molecule has 1 amide bonds. The largest absolute Gasteiger partial charge is 0.494 e. The molecule has 0 aromatic heterocycles. The molecule has 29 heavy (non-hydrogen) atoms. The first-order valence-electron chi connectivity index (χ1n) is 10.6. The van der Waals surface area contributed by atoms with Crippen LogP contribution in [0.15, 0.2) is 48.5 Å². The van der Waals surface area contributed by atoms with E-state index in [1.54, 1.807) is 0 Å². The fourth-order valence-corrected chi connectivity index (χ4v) is 4.44. The molecule has 0 unspecified atom stereocenters. The fraction of sp³-hybridized carbons (Fsp3) is 0.458. The number of benzene rings is 2. The van der Waals surface area contributed by atoms with Gasteiger partial charge in [-0.15, -0.1) is 0 Å². The molecule has 2 aromatic carbocycles. The first-order chi connectivity index (χ1) is 14.1. The molecule has 2 aromatic rings. The summed E-state index contributed by atoms with van der Waals surface area (Å²) >= 11 is 0. The molecule has 5 heteroatoms. The maximum atomic E-state index is 12.8. The lowest BCUT2D eigenvalue weighted by molar-refractivity contribution is -0.132. The highest BCUT2D eigenvalue weighted by atomic mass is 16.5. The number of rotatable bonds is 4. The van der Waals surface area contributed by atoms with Crippen LogP contribution in [0, 0.1) is 0 Å². The van der Waals surface area contributed by atoms with Crippen molar-refractivity contribution >= 4 is 11.6 Å². The molecule has 1 N–H and O–H groups in total. The van der Waals surface area contributed by atoms with Crippen LogP contribution in [-0.2, 0) is 17.9 Å². The van der Waals surface area contributed by atoms with Gasteiger partial charge in [-0.25, -0.2) is 0 Å². The number of hydrogen-bond acceptors (Lipinski definition) is 4. The molecule has 1 fully saturated rings. The van der Waals surface area contributed by atoms with Crippen LogP contribution >= 0.6 is 0 Å². The second kappa shape index (κ2) is 8.46. The van der Waals surface area contributed by atoms with Crippen LogP contribution in [0.25, 0.3) is 0 Å². The molecule has 1 saturated heterocycles. The molecule has 154 valence electrons. The van der Waals surface area contributed by atoms with Crippen molar-refractivity contribution in [2.75, 3.05) is 32.1 Å². The van der Waals surface area contributed by atoms with Gasteiger partial charge in [0.15, 0.2) is 0 Å². The first kappa shape index (κ1) is 19.8. The van der Waals surface area contributed by atoms with Crippen LogP contribution in [0.5, 0.6) is 5.75 Å². The minimum absolute atomic E-state index is 0.156. The Labute approximate surface area is 173 Å². The summed E-state index contributed by atoms with van der Waals surface area (Å²) < 4.78 is 5.54. The third-order valence-electron chi connectivity index (χ3n) is 6.19. The lowest BCUT2D eigenvalue weighted by Gasteiger charge is -2.45. The summed E-state index contributed by atoms with van der Waals surface area (Å²) in [5.74, 6) is 1.15. The summed E-state index contributed by atoms with van der Waals surface area (Å²) in [5, 5.41) is 3.78. The van der Waals surface area contributed by atoms with Crippen LogP contribution in [0.1, 0.15) is 37.3 Å². The number of carbonyl (C=O) groups excluding carboxylic acids is 1. The van der Waals surface area contributed by atoms with Gasteiger partial charge in [0.1, 0.15) is 5.75 Å². The molecule has 2 aliphatic rings. The Balaban J connectivity index is 1.44. The van der Waals surface area contributed by atoms with Gasteiger partial charge < -0.3 is 15.0 Å². The Kier molecular flexibility index (Phi) is 5.76. The van der Waals surface area contributed by atoms with Gasteiger partial charge in [-0.2, -0.15) is 0 Å². The Morgan fingerprint density at radius 2 is 1.79 bits per heavy atom. The van der Waals surface area contributed by atoms with Gasteiger partial charge in [0.2, 0.25) is 5.91 Å². The molecular formula is C24H31N3O2. The SMILES string of the molecule is CCOc1ccc(CN2CCC3(CC2)CC(=O)N(C)Cc2ccccc2N3)cc1. The minimum atomic E-state index is -0.156. The van der Waals surface area contributed by atoms with Gasteiger partial charge in [-0.3, -0.25) is 9.69 Å². The topological polar surface area (TPSA) is 44.8 Å². The highest BCUT2D eigenvalue weighted by Crippen LogP contribution is 2.34. The highest BCUT2D eigenvalue weighted by Gasteiger charge is 2.38. The zero-order valence-electron chi connectivity index (χ0n) is 17.5. The first-order valence-corrected chi connectivity index (χ1v) is 10.6. The summed E-state index contributed by atoms with van der Waals surface area (Å²) in [6.45, 7) is 6.27. The van der Waals surface area contributed by atoms with Crippen LogP contribution in [0.4, 0.5) is 5.69 Å². The quantitative estimate of drug-likeness (QED) is 0.856. The van der Waals surface area contributed by atoms with E-state index in [0.29, 0.717) is 19.6 Å². The summed E-state index contributed by atoms with van der Waals surface area (Å²) in [5.41, 5.74) is 3.51. The Morgan fingerprint density at radius 1 is 1.07 bits per heavy atom. The number of carbonyl (C=O) groups is 1. The van der Waals surface area contributed by atoms with E-state index in [9.17, 15) is 4.79 Å². The predicted octanol–water partition coefficient (Wildman–Crippen LogP) is 3.89. The van der Waals surface area contributed by atoms with Crippen LogP contribution < -0.4 is 10.1 Å². The summed E-state index contributed by atoms with van der Waals surface area (Å²) in [7, 11) is 1.92. The van der Waals surface area contributed by atoms with Crippen molar-refractivity contribution in [3.63, 3.8) is 0 Å². The molecule has 5 nitrogen and oxygen atoms in total. The minimum Gasteiger partial charge on any atom is -0.494 e. The number of para-hydroxylation sites is 1. The molecule has 0 saturated carbocycles. The number of ether oxygens (including phenoxy) is 1.